The highest BCUT2D eigenvalue weighted by Crippen LogP contribution is 2.17. The Kier molecular flexibility index (Phi) is 11.5. The molecule has 0 aliphatic carbocycles. The summed E-state index contributed by atoms with van der Waals surface area (Å²) in [6.45, 7) is 3.88. The van der Waals surface area contributed by atoms with Gasteiger partial charge in [0.2, 0.25) is 0 Å². The van der Waals surface area contributed by atoms with E-state index in [0.717, 1.165) is 17.7 Å². The van der Waals surface area contributed by atoms with Gasteiger partial charge in [-0.25, -0.2) is 9.38 Å². The van der Waals surface area contributed by atoms with Crippen molar-refractivity contribution in [2.24, 2.45) is 4.99 Å². The van der Waals surface area contributed by atoms with E-state index in [1.54, 1.807) is 19.0 Å². The molecule has 0 aliphatic heterocycles. The number of carbonyl (C=O) groups is 1. The third-order valence-electron chi connectivity index (χ3n) is 4.71. The van der Waals surface area contributed by atoms with Crippen LogP contribution in [0.4, 0.5) is 4.39 Å². The molecule has 1 atom stereocenters. The molecule has 2 aromatic rings. The minimum atomic E-state index is -0.239. The van der Waals surface area contributed by atoms with Crippen LogP contribution in [0.1, 0.15) is 34.5 Å². The fourth-order valence-corrected chi connectivity index (χ4v) is 3.00. The van der Waals surface area contributed by atoms with E-state index in [0.29, 0.717) is 24.6 Å². The molecular formula is C23H33FIN5O. The molecule has 0 fully saturated rings. The van der Waals surface area contributed by atoms with Crippen LogP contribution in [0.5, 0.6) is 0 Å². The summed E-state index contributed by atoms with van der Waals surface area (Å²) in [5.41, 5.74) is 2.71. The highest BCUT2D eigenvalue weighted by atomic mass is 127. The van der Waals surface area contributed by atoms with E-state index in [1.165, 1.54) is 12.1 Å². The molecule has 0 heterocycles. The summed E-state index contributed by atoms with van der Waals surface area (Å²) in [5.74, 6) is 0.452. The normalized spacial score (nSPS) is 12.2. The number of rotatable bonds is 8. The first-order chi connectivity index (χ1) is 14.3. The first-order valence-electron chi connectivity index (χ1n) is 10.1. The number of amides is 1. The van der Waals surface area contributed by atoms with Gasteiger partial charge in [-0.3, -0.25) is 4.79 Å². The van der Waals surface area contributed by atoms with E-state index < -0.39 is 0 Å². The third-order valence-corrected chi connectivity index (χ3v) is 4.71. The van der Waals surface area contributed by atoms with Crippen molar-refractivity contribution in [1.82, 2.24) is 20.4 Å². The van der Waals surface area contributed by atoms with Crippen LogP contribution in [-0.2, 0) is 6.54 Å². The zero-order chi connectivity index (χ0) is 22.1. The topological polar surface area (TPSA) is 60.0 Å². The number of likely N-dealkylation sites (N-methyl/N-ethyl adjacent to an activating group) is 1. The van der Waals surface area contributed by atoms with Crippen molar-refractivity contribution in [1.29, 1.82) is 0 Å². The molecular weight excluding hydrogens is 508 g/mol. The zero-order valence-electron chi connectivity index (χ0n) is 18.9. The predicted octanol–water partition coefficient (Wildman–Crippen LogP) is 3.50. The summed E-state index contributed by atoms with van der Waals surface area (Å²) in [5, 5.41) is 6.62. The second kappa shape index (κ2) is 13.3. The lowest BCUT2D eigenvalue weighted by atomic mass is 10.1. The Bertz CT molecular complexity index is 838. The quantitative estimate of drug-likeness (QED) is 0.305. The summed E-state index contributed by atoms with van der Waals surface area (Å²) >= 11 is 0. The number of carbonyl (C=O) groups excluding carboxylic acids is 1. The number of hydrogen-bond acceptors (Lipinski definition) is 3. The molecule has 1 unspecified atom stereocenters. The van der Waals surface area contributed by atoms with E-state index >= 15 is 0 Å². The third kappa shape index (κ3) is 8.45. The summed E-state index contributed by atoms with van der Waals surface area (Å²) in [4.78, 5) is 20.3. The largest absolute Gasteiger partial charge is 0.357 e. The maximum absolute atomic E-state index is 13.3. The van der Waals surface area contributed by atoms with Gasteiger partial charge >= 0.3 is 0 Å². The lowest BCUT2D eigenvalue weighted by molar-refractivity contribution is 0.0827. The molecule has 0 spiro atoms. The average Bonchev–Trinajstić information content (AvgIpc) is 2.72. The highest BCUT2D eigenvalue weighted by Gasteiger charge is 2.15. The maximum Gasteiger partial charge on any atom is 0.253 e. The van der Waals surface area contributed by atoms with Gasteiger partial charge in [-0.05, 0) is 56.4 Å². The number of aliphatic imine (C=N–C) groups is 1. The molecule has 0 saturated heterocycles. The van der Waals surface area contributed by atoms with Gasteiger partial charge < -0.3 is 20.4 Å². The van der Waals surface area contributed by atoms with Gasteiger partial charge in [-0.15, -0.1) is 24.0 Å². The second-order valence-corrected chi connectivity index (χ2v) is 7.50. The molecule has 0 aromatic heterocycles. The van der Waals surface area contributed by atoms with E-state index in [-0.39, 0.29) is 41.7 Å². The van der Waals surface area contributed by atoms with E-state index in [4.69, 9.17) is 0 Å². The van der Waals surface area contributed by atoms with Crippen LogP contribution in [0.3, 0.4) is 0 Å². The summed E-state index contributed by atoms with van der Waals surface area (Å²) in [6.07, 6.45) is 0. The Labute approximate surface area is 201 Å². The zero-order valence-corrected chi connectivity index (χ0v) is 21.2. The molecule has 2 aromatic carbocycles. The van der Waals surface area contributed by atoms with Crippen LogP contribution in [-0.4, -0.2) is 62.9 Å². The van der Waals surface area contributed by atoms with Crippen molar-refractivity contribution in [3.63, 3.8) is 0 Å². The molecule has 31 heavy (non-hydrogen) atoms. The second-order valence-electron chi connectivity index (χ2n) is 7.50. The van der Waals surface area contributed by atoms with Crippen LogP contribution >= 0.6 is 24.0 Å². The van der Waals surface area contributed by atoms with Gasteiger partial charge in [-0.2, -0.15) is 0 Å². The fourth-order valence-electron chi connectivity index (χ4n) is 3.00. The van der Waals surface area contributed by atoms with Gasteiger partial charge in [-0.1, -0.05) is 24.3 Å². The van der Waals surface area contributed by atoms with Gasteiger partial charge in [0.15, 0.2) is 5.96 Å². The smallest absolute Gasteiger partial charge is 0.253 e. The number of halogens is 2. The Morgan fingerprint density at radius 1 is 1.00 bits per heavy atom. The van der Waals surface area contributed by atoms with Crippen molar-refractivity contribution in [3.05, 3.63) is 71.0 Å². The standard InChI is InChI=1S/C23H32FN5O.HI/c1-6-25-23(26-15-17-7-9-19(10-8-17)22(30)29(4)5)27-16-21(28(2)3)18-11-13-20(24)14-12-18;/h7-14,21H,6,15-16H2,1-5H3,(H2,25,26,27);1H. The van der Waals surface area contributed by atoms with Gasteiger partial charge in [0.05, 0.1) is 12.6 Å². The average molecular weight is 541 g/mol. The van der Waals surface area contributed by atoms with E-state index in [1.807, 2.05) is 57.4 Å². The van der Waals surface area contributed by atoms with Crippen LogP contribution in [0.25, 0.3) is 0 Å². The van der Waals surface area contributed by atoms with E-state index in [9.17, 15) is 9.18 Å². The highest BCUT2D eigenvalue weighted by molar-refractivity contribution is 14.0. The van der Waals surface area contributed by atoms with Crippen molar-refractivity contribution >= 4 is 35.8 Å². The molecule has 2 rings (SSSR count). The van der Waals surface area contributed by atoms with Gasteiger partial charge in [0.25, 0.3) is 5.91 Å². The SMILES string of the molecule is CCNC(=NCc1ccc(C(=O)N(C)C)cc1)NCC(c1ccc(F)cc1)N(C)C.I. The Balaban J connectivity index is 0.00000480. The molecule has 1 amide bonds. The number of benzene rings is 2. The lowest BCUT2D eigenvalue weighted by Crippen LogP contribution is -2.41. The summed E-state index contributed by atoms with van der Waals surface area (Å²) < 4.78 is 13.3. The fraction of sp³-hybridized carbons (Fsp3) is 0.391. The Morgan fingerprint density at radius 3 is 2.13 bits per heavy atom. The molecule has 170 valence electrons. The first-order valence-corrected chi connectivity index (χ1v) is 10.1. The van der Waals surface area contributed by atoms with Crippen LogP contribution in [0.2, 0.25) is 0 Å². The molecule has 0 saturated carbocycles. The molecule has 0 aliphatic rings. The molecule has 6 nitrogen and oxygen atoms in total. The number of nitrogens with zero attached hydrogens (tertiary/aromatic N) is 3. The van der Waals surface area contributed by atoms with Crippen molar-refractivity contribution < 1.29 is 9.18 Å². The molecule has 8 heteroatoms. The summed E-state index contributed by atoms with van der Waals surface area (Å²) in [6, 6.07) is 14.1. The van der Waals surface area contributed by atoms with Crippen molar-refractivity contribution in [2.75, 3.05) is 41.3 Å². The van der Waals surface area contributed by atoms with Gasteiger partial charge in [0, 0.05) is 32.7 Å². The summed E-state index contributed by atoms with van der Waals surface area (Å²) in [7, 11) is 7.47. The van der Waals surface area contributed by atoms with Crippen molar-refractivity contribution in [2.45, 2.75) is 19.5 Å². The minimum absolute atomic E-state index is 0. The number of guanidine groups is 1. The Morgan fingerprint density at radius 2 is 1.61 bits per heavy atom. The maximum atomic E-state index is 13.3. The lowest BCUT2D eigenvalue weighted by Gasteiger charge is -2.26. The van der Waals surface area contributed by atoms with Crippen LogP contribution < -0.4 is 10.6 Å². The van der Waals surface area contributed by atoms with Crippen LogP contribution in [0.15, 0.2) is 53.5 Å². The molecule has 2 N–H and O–H groups in total. The minimum Gasteiger partial charge on any atom is -0.357 e. The molecule has 0 radical (unpaired) electrons. The number of nitrogens with one attached hydrogen (secondary N) is 2. The first kappa shape index (κ1) is 26.8. The van der Waals surface area contributed by atoms with Gasteiger partial charge in [0.1, 0.15) is 5.82 Å². The molecule has 0 bridgehead atoms. The van der Waals surface area contributed by atoms with E-state index in [2.05, 4.69) is 20.5 Å². The monoisotopic (exact) mass is 541 g/mol. The predicted molar refractivity (Wildman–Crippen MR) is 136 cm³/mol. The number of hydrogen-bond donors (Lipinski definition) is 2. The van der Waals surface area contributed by atoms with Crippen molar-refractivity contribution in [3.8, 4) is 0 Å². The van der Waals surface area contributed by atoms with Crippen LogP contribution in [0, 0.1) is 5.82 Å². The Hall–Kier alpha value is -2.20.